The first-order valence-corrected chi connectivity index (χ1v) is 12.2. The summed E-state index contributed by atoms with van der Waals surface area (Å²) in [4.78, 5) is 26.1. The van der Waals surface area contributed by atoms with Gasteiger partial charge < -0.3 is 20.7 Å². The Morgan fingerprint density at radius 3 is 2.49 bits per heavy atom. The molecule has 2 amide bonds. The van der Waals surface area contributed by atoms with Crippen LogP contribution in [0.4, 0.5) is 33.3 Å². The van der Waals surface area contributed by atoms with Crippen molar-refractivity contribution < 1.29 is 36.3 Å². The van der Waals surface area contributed by atoms with Crippen molar-refractivity contribution in [1.82, 2.24) is 5.32 Å². The normalized spacial score (nSPS) is 20.2. The van der Waals surface area contributed by atoms with E-state index in [0.29, 0.717) is 17.8 Å². The number of benzene rings is 3. The summed E-state index contributed by atoms with van der Waals surface area (Å²) in [6.45, 7) is 0. The number of alkyl halides is 3. The lowest BCUT2D eigenvalue weighted by atomic mass is 9.88. The molecule has 3 aromatic rings. The smallest absolute Gasteiger partial charge is 0.380 e. The molecule has 6 nitrogen and oxygen atoms in total. The Hall–Kier alpha value is -3.70. The molecule has 0 saturated heterocycles. The SMILES string of the molecule is CO[C@@H]1CC[C@H]1Nc1cc(NC(=O)c2cc(F)cc(C(F)(F)F)c2)c2c(c1)C(=O)NC2c1cc(F)ccc1Cl. The lowest BCUT2D eigenvalue weighted by Gasteiger charge is -2.36. The van der Waals surface area contributed by atoms with Crippen LogP contribution >= 0.6 is 11.6 Å². The second-order valence-electron chi connectivity index (χ2n) is 9.34. The number of halogens is 6. The fraction of sp³-hybridized carbons (Fsp3) is 0.259. The van der Waals surface area contributed by atoms with Crippen LogP contribution < -0.4 is 16.0 Å². The first-order chi connectivity index (χ1) is 18.4. The average Bonchev–Trinajstić information content (AvgIpc) is 3.19. The molecule has 0 bridgehead atoms. The third kappa shape index (κ3) is 5.28. The first-order valence-electron chi connectivity index (χ1n) is 11.9. The zero-order valence-corrected chi connectivity index (χ0v) is 21.0. The van der Waals surface area contributed by atoms with Gasteiger partial charge in [0.1, 0.15) is 11.6 Å². The number of methoxy groups -OCH3 is 1. The van der Waals surface area contributed by atoms with Gasteiger partial charge in [0.2, 0.25) is 0 Å². The van der Waals surface area contributed by atoms with E-state index in [1.807, 2.05) is 0 Å². The standard InChI is InChI=1S/C27H21ClF5N3O3/c1-39-22-5-4-20(22)34-16-10-18-23(24(36-26(18)38)17-9-14(29)2-3-19(17)28)21(11-16)35-25(37)12-6-13(27(31,32)33)8-15(30)7-12/h2-3,6-11,20,22,24,34H,4-5H2,1H3,(H,35,37)(H,36,38)/t20-,22-,24?/m1/s1. The molecule has 1 fully saturated rings. The largest absolute Gasteiger partial charge is 0.416 e. The number of nitrogens with one attached hydrogen (secondary N) is 3. The van der Waals surface area contributed by atoms with Gasteiger partial charge in [0.25, 0.3) is 11.8 Å². The van der Waals surface area contributed by atoms with E-state index in [2.05, 4.69) is 16.0 Å². The van der Waals surface area contributed by atoms with Gasteiger partial charge in [-0.3, -0.25) is 9.59 Å². The minimum Gasteiger partial charge on any atom is -0.380 e. The number of ether oxygens (including phenoxy) is 1. The molecule has 3 N–H and O–H groups in total. The molecule has 204 valence electrons. The van der Waals surface area contributed by atoms with Crippen LogP contribution in [0.1, 0.15) is 56.3 Å². The van der Waals surface area contributed by atoms with Gasteiger partial charge in [-0.1, -0.05) is 11.6 Å². The van der Waals surface area contributed by atoms with Gasteiger partial charge >= 0.3 is 6.18 Å². The molecule has 3 aromatic carbocycles. The Morgan fingerprint density at radius 1 is 1.05 bits per heavy atom. The molecule has 2 aliphatic rings. The maximum atomic E-state index is 14.1. The van der Waals surface area contributed by atoms with Crippen LogP contribution in [-0.2, 0) is 10.9 Å². The average molecular weight is 566 g/mol. The molecule has 1 saturated carbocycles. The van der Waals surface area contributed by atoms with Gasteiger partial charge in [-0.15, -0.1) is 0 Å². The highest BCUT2D eigenvalue weighted by Gasteiger charge is 2.37. The molecule has 0 aromatic heterocycles. The number of carbonyl (C=O) groups is 2. The molecule has 3 atom stereocenters. The summed E-state index contributed by atoms with van der Waals surface area (Å²) >= 11 is 6.30. The molecule has 1 unspecified atom stereocenters. The fourth-order valence-electron chi connectivity index (χ4n) is 4.80. The summed E-state index contributed by atoms with van der Waals surface area (Å²) < 4.78 is 73.2. The van der Waals surface area contributed by atoms with E-state index in [4.69, 9.17) is 16.3 Å². The number of anilines is 2. The van der Waals surface area contributed by atoms with Crippen molar-refractivity contribution in [2.45, 2.75) is 37.2 Å². The summed E-state index contributed by atoms with van der Waals surface area (Å²) in [5.41, 5.74) is -0.832. The molecule has 0 radical (unpaired) electrons. The van der Waals surface area contributed by atoms with Crippen molar-refractivity contribution in [3.8, 4) is 0 Å². The predicted molar refractivity (Wildman–Crippen MR) is 134 cm³/mol. The second kappa shape index (κ2) is 10.1. The van der Waals surface area contributed by atoms with Crippen LogP contribution in [0.25, 0.3) is 0 Å². The maximum absolute atomic E-state index is 14.1. The molecular formula is C27H21ClF5N3O3. The third-order valence-corrected chi connectivity index (χ3v) is 7.20. The van der Waals surface area contributed by atoms with Crippen molar-refractivity contribution in [3.63, 3.8) is 0 Å². The van der Waals surface area contributed by atoms with Gasteiger partial charge in [-0.05, 0) is 61.4 Å². The third-order valence-electron chi connectivity index (χ3n) is 6.86. The Labute approximate surface area is 224 Å². The quantitative estimate of drug-likeness (QED) is 0.306. The molecule has 1 aliphatic heterocycles. The van der Waals surface area contributed by atoms with Gasteiger partial charge in [-0.2, -0.15) is 13.2 Å². The van der Waals surface area contributed by atoms with Crippen LogP contribution in [0.3, 0.4) is 0 Å². The number of carbonyl (C=O) groups excluding carboxylic acids is 2. The van der Waals surface area contributed by atoms with E-state index in [-0.39, 0.29) is 45.6 Å². The minimum absolute atomic E-state index is 0.0507. The van der Waals surface area contributed by atoms with Crippen molar-refractivity contribution in [2.75, 3.05) is 17.7 Å². The first kappa shape index (κ1) is 26.9. The zero-order valence-electron chi connectivity index (χ0n) is 20.3. The van der Waals surface area contributed by atoms with Crippen molar-refractivity contribution in [2.24, 2.45) is 0 Å². The number of rotatable bonds is 6. The Balaban J connectivity index is 1.58. The number of amides is 2. The highest BCUT2D eigenvalue weighted by Crippen LogP contribution is 2.42. The lowest BCUT2D eigenvalue weighted by molar-refractivity contribution is -0.137. The Morgan fingerprint density at radius 2 is 1.82 bits per heavy atom. The summed E-state index contributed by atoms with van der Waals surface area (Å²) in [5, 5.41) is 8.63. The van der Waals surface area contributed by atoms with Crippen LogP contribution in [0.5, 0.6) is 0 Å². The van der Waals surface area contributed by atoms with E-state index >= 15 is 0 Å². The predicted octanol–water partition coefficient (Wildman–Crippen LogP) is 6.31. The van der Waals surface area contributed by atoms with Gasteiger partial charge in [0.15, 0.2) is 0 Å². The van der Waals surface area contributed by atoms with Crippen LogP contribution in [0, 0.1) is 11.6 Å². The molecule has 39 heavy (non-hydrogen) atoms. The fourth-order valence-corrected chi connectivity index (χ4v) is 5.03. The van der Waals surface area contributed by atoms with Gasteiger partial charge in [0.05, 0.1) is 23.8 Å². The van der Waals surface area contributed by atoms with Crippen LogP contribution in [0.2, 0.25) is 5.02 Å². The zero-order chi connectivity index (χ0) is 28.1. The van der Waals surface area contributed by atoms with Crippen molar-refractivity contribution in [1.29, 1.82) is 0 Å². The van der Waals surface area contributed by atoms with Crippen molar-refractivity contribution in [3.05, 3.63) is 93.0 Å². The van der Waals surface area contributed by atoms with E-state index in [1.54, 1.807) is 13.2 Å². The molecule has 1 heterocycles. The Kier molecular flexibility index (Phi) is 6.98. The van der Waals surface area contributed by atoms with E-state index in [0.717, 1.165) is 25.0 Å². The second-order valence-corrected chi connectivity index (χ2v) is 9.75. The molecule has 12 heteroatoms. The molecule has 1 aliphatic carbocycles. The van der Waals surface area contributed by atoms with E-state index < -0.39 is 46.8 Å². The lowest BCUT2D eigenvalue weighted by Crippen LogP contribution is -2.44. The van der Waals surface area contributed by atoms with Crippen LogP contribution in [-0.4, -0.2) is 31.1 Å². The number of fused-ring (bicyclic) bond motifs is 1. The monoisotopic (exact) mass is 565 g/mol. The number of hydrogen-bond acceptors (Lipinski definition) is 4. The highest BCUT2D eigenvalue weighted by atomic mass is 35.5. The number of hydrogen-bond donors (Lipinski definition) is 3. The minimum atomic E-state index is -4.88. The molecule has 0 spiro atoms. The van der Waals surface area contributed by atoms with Gasteiger partial charge in [-0.25, -0.2) is 8.78 Å². The highest BCUT2D eigenvalue weighted by molar-refractivity contribution is 6.31. The summed E-state index contributed by atoms with van der Waals surface area (Å²) in [6, 6.07) is 7.10. The summed E-state index contributed by atoms with van der Waals surface area (Å²) in [7, 11) is 1.57. The molecule has 5 rings (SSSR count). The Bertz CT molecular complexity index is 1480. The summed E-state index contributed by atoms with van der Waals surface area (Å²) in [5.74, 6) is -3.43. The molecular weight excluding hydrogens is 545 g/mol. The van der Waals surface area contributed by atoms with E-state index in [9.17, 15) is 31.5 Å². The van der Waals surface area contributed by atoms with Crippen molar-refractivity contribution >= 4 is 34.8 Å². The topological polar surface area (TPSA) is 79.5 Å². The van der Waals surface area contributed by atoms with Crippen LogP contribution in [0.15, 0.2) is 48.5 Å². The van der Waals surface area contributed by atoms with Gasteiger partial charge in [0, 0.05) is 45.8 Å². The van der Waals surface area contributed by atoms with E-state index in [1.165, 1.54) is 12.1 Å². The maximum Gasteiger partial charge on any atom is 0.416 e. The summed E-state index contributed by atoms with van der Waals surface area (Å²) in [6.07, 6.45) is -3.34.